The average molecular weight is 370 g/mol. The SMILES string of the molecule is CCc1ccc(C(=O)n2c(=S)[nH]c3sc4c(c3c2=O)CCCC4)cc1. The summed E-state index contributed by atoms with van der Waals surface area (Å²) < 4.78 is 1.28. The lowest BCUT2D eigenvalue weighted by Crippen LogP contribution is -2.29. The topological polar surface area (TPSA) is 54.9 Å². The first-order chi connectivity index (χ1) is 12.1. The summed E-state index contributed by atoms with van der Waals surface area (Å²) in [6, 6.07) is 7.34. The Bertz CT molecular complexity index is 1090. The Balaban J connectivity index is 1.90. The van der Waals surface area contributed by atoms with Crippen LogP contribution in [0, 0.1) is 4.77 Å². The van der Waals surface area contributed by atoms with Crippen LogP contribution in [0.4, 0.5) is 0 Å². The fourth-order valence-corrected chi connectivity index (χ4v) is 5.05. The van der Waals surface area contributed by atoms with Gasteiger partial charge in [0.1, 0.15) is 4.83 Å². The molecule has 1 aromatic carbocycles. The molecule has 4 nitrogen and oxygen atoms in total. The van der Waals surface area contributed by atoms with Crippen LogP contribution in [0.15, 0.2) is 29.1 Å². The molecule has 1 aliphatic rings. The molecule has 1 aliphatic carbocycles. The molecule has 6 heteroatoms. The number of carbonyl (C=O) groups excluding carboxylic acids is 1. The van der Waals surface area contributed by atoms with Gasteiger partial charge in [-0.05, 0) is 67.6 Å². The lowest BCUT2D eigenvalue weighted by Gasteiger charge is -2.10. The molecule has 0 aliphatic heterocycles. The predicted molar refractivity (Wildman–Crippen MR) is 103 cm³/mol. The number of aryl methyl sites for hydroxylation is 3. The van der Waals surface area contributed by atoms with Crippen LogP contribution in [-0.4, -0.2) is 15.5 Å². The summed E-state index contributed by atoms with van der Waals surface area (Å²) >= 11 is 6.93. The largest absolute Gasteiger partial charge is 0.323 e. The zero-order valence-corrected chi connectivity index (χ0v) is 15.6. The number of carbonyl (C=O) groups is 1. The van der Waals surface area contributed by atoms with Crippen molar-refractivity contribution in [3.8, 4) is 0 Å². The Morgan fingerprint density at radius 1 is 1.24 bits per heavy atom. The molecule has 25 heavy (non-hydrogen) atoms. The van der Waals surface area contributed by atoms with Gasteiger partial charge in [-0.25, -0.2) is 4.57 Å². The van der Waals surface area contributed by atoms with Gasteiger partial charge in [0.15, 0.2) is 4.77 Å². The van der Waals surface area contributed by atoms with Gasteiger partial charge in [-0.3, -0.25) is 9.59 Å². The van der Waals surface area contributed by atoms with Crippen LogP contribution in [0.1, 0.15) is 46.1 Å². The molecule has 0 bridgehead atoms. The van der Waals surface area contributed by atoms with E-state index in [0.29, 0.717) is 10.9 Å². The first-order valence-corrected chi connectivity index (χ1v) is 9.76. The predicted octanol–water partition coefficient (Wildman–Crippen LogP) is 4.25. The molecule has 128 valence electrons. The van der Waals surface area contributed by atoms with Crippen molar-refractivity contribution in [2.24, 2.45) is 0 Å². The number of hydrogen-bond donors (Lipinski definition) is 1. The van der Waals surface area contributed by atoms with E-state index in [1.165, 1.54) is 4.88 Å². The molecule has 0 fully saturated rings. The summed E-state index contributed by atoms with van der Waals surface area (Å²) in [5.74, 6) is -0.369. The monoisotopic (exact) mass is 370 g/mol. The van der Waals surface area contributed by atoms with Crippen LogP contribution >= 0.6 is 23.6 Å². The molecule has 2 heterocycles. The third kappa shape index (κ3) is 2.69. The van der Waals surface area contributed by atoms with Crippen molar-refractivity contribution in [3.05, 3.63) is 61.0 Å². The van der Waals surface area contributed by atoms with Crippen LogP contribution in [0.3, 0.4) is 0 Å². The first kappa shape index (κ1) is 16.4. The lowest BCUT2D eigenvalue weighted by atomic mass is 9.97. The van der Waals surface area contributed by atoms with Crippen LogP contribution in [0.25, 0.3) is 10.2 Å². The number of aromatic amines is 1. The number of H-pyrrole nitrogens is 1. The minimum absolute atomic E-state index is 0.167. The fraction of sp³-hybridized carbons (Fsp3) is 0.316. The van der Waals surface area contributed by atoms with Crippen molar-refractivity contribution in [1.29, 1.82) is 0 Å². The maximum absolute atomic E-state index is 13.1. The van der Waals surface area contributed by atoms with Crippen LogP contribution in [0.5, 0.6) is 0 Å². The van der Waals surface area contributed by atoms with Gasteiger partial charge >= 0.3 is 0 Å². The highest BCUT2D eigenvalue weighted by Crippen LogP contribution is 2.33. The smallest absolute Gasteiger partial charge is 0.270 e. The summed E-state index contributed by atoms with van der Waals surface area (Å²) in [7, 11) is 0. The van der Waals surface area contributed by atoms with E-state index < -0.39 is 0 Å². The molecule has 3 aromatic rings. The minimum Gasteiger partial charge on any atom is -0.323 e. The van der Waals surface area contributed by atoms with E-state index in [-0.39, 0.29) is 16.2 Å². The summed E-state index contributed by atoms with van der Waals surface area (Å²) in [5.41, 5.74) is 2.44. The summed E-state index contributed by atoms with van der Waals surface area (Å²) in [6.45, 7) is 2.06. The number of hydrogen-bond acceptors (Lipinski definition) is 4. The Morgan fingerprint density at radius 2 is 1.96 bits per heavy atom. The Morgan fingerprint density at radius 3 is 2.68 bits per heavy atom. The molecule has 0 spiro atoms. The second kappa shape index (κ2) is 6.35. The zero-order valence-electron chi connectivity index (χ0n) is 13.9. The van der Waals surface area contributed by atoms with Gasteiger partial charge in [0.25, 0.3) is 11.5 Å². The molecule has 0 saturated heterocycles. The minimum atomic E-state index is -0.369. The molecule has 0 atom stereocenters. The third-order valence-electron chi connectivity index (χ3n) is 4.82. The normalized spacial score (nSPS) is 13.8. The standard InChI is InChI=1S/C19H18N2O2S2/c1-2-11-7-9-12(10-8-11)17(22)21-18(23)15-13-5-3-4-6-14(13)25-16(15)20-19(21)24/h7-10H,2-6H2,1H3,(H,20,24). The number of thiophene rings is 1. The van der Waals surface area contributed by atoms with Crippen LogP contribution < -0.4 is 5.56 Å². The number of rotatable bonds is 2. The molecule has 0 unspecified atom stereocenters. The van der Waals surface area contributed by atoms with Crippen molar-refractivity contribution in [1.82, 2.24) is 9.55 Å². The second-order valence-corrected chi connectivity index (χ2v) is 7.83. The highest BCUT2D eigenvalue weighted by atomic mass is 32.1. The average Bonchev–Trinajstić information content (AvgIpc) is 2.99. The molecular weight excluding hydrogens is 352 g/mol. The van der Waals surface area contributed by atoms with E-state index in [4.69, 9.17) is 12.2 Å². The van der Waals surface area contributed by atoms with Gasteiger partial charge in [-0.2, -0.15) is 0 Å². The number of nitrogens with zero attached hydrogens (tertiary/aromatic N) is 1. The zero-order chi connectivity index (χ0) is 17.6. The summed E-state index contributed by atoms with van der Waals surface area (Å²) in [5, 5.41) is 0.645. The van der Waals surface area contributed by atoms with Crippen molar-refractivity contribution in [3.63, 3.8) is 0 Å². The van der Waals surface area contributed by atoms with E-state index in [1.807, 2.05) is 12.1 Å². The number of benzene rings is 1. The highest BCUT2D eigenvalue weighted by molar-refractivity contribution is 7.71. The lowest BCUT2D eigenvalue weighted by molar-refractivity contribution is 0.0953. The molecular formula is C19H18N2O2S2. The van der Waals surface area contributed by atoms with Gasteiger partial charge in [-0.15, -0.1) is 11.3 Å². The quantitative estimate of drug-likeness (QED) is 0.686. The molecule has 4 rings (SSSR count). The molecule has 0 amide bonds. The maximum Gasteiger partial charge on any atom is 0.270 e. The van der Waals surface area contributed by atoms with E-state index in [2.05, 4.69) is 11.9 Å². The highest BCUT2D eigenvalue weighted by Gasteiger charge is 2.22. The van der Waals surface area contributed by atoms with E-state index >= 15 is 0 Å². The van der Waals surface area contributed by atoms with Crippen molar-refractivity contribution in [2.45, 2.75) is 39.0 Å². The summed E-state index contributed by atoms with van der Waals surface area (Å²) in [6.07, 6.45) is 5.04. The molecule has 1 N–H and O–H groups in total. The number of nitrogens with one attached hydrogen (secondary N) is 1. The first-order valence-electron chi connectivity index (χ1n) is 8.53. The maximum atomic E-state index is 13.1. The number of aromatic nitrogens is 2. The Kier molecular flexibility index (Phi) is 4.17. The number of fused-ring (bicyclic) bond motifs is 3. The van der Waals surface area contributed by atoms with Gasteiger partial charge in [0, 0.05) is 10.4 Å². The second-order valence-electron chi connectivity index (χ2n) is 6.34. The van der Waals surface area contributed by atoms with Crippen LogP contribution in [-0.2, 0) is 19.3 Å². The van der Waals surface area contributed by atoms with Crippen LogP contribution in [0.2, 0.25) is 0 Å². The van der Waals surface area contributed by atoms with E-state index in [1.54, 1.807) is 23.5 Å². The molecule has 0 saturated carbocycles. The van der Waals surface area contributed by atoms with Crippen molar-refractivity contribution < 1.29 is 4.79 Å². The van der Waals surface area contributed by atoms with E-state index in [9.17, 15) is 9.59 Å². The Labute approximate surface area is 154 Å². The third-order valence-corrected chi connectivity index (χ3v) is 6.32. The Hall–Kier alpha value is -2.05. The van der Waals surface area contributed by atoms with Gasteiger partial charge in [0.2, 0.25) is 0 Å². The van der Waals surface area contributed by atoms with Gasteiger partial charge < -0.3 is 4.98 Å². The van der Waals surface area contributed by atoms with Crippen molar-refractivity contribution in [2.75, 3.05) is 0 Å². The summed E-state index contributed by atoms with van der Waals surface area (Å²) in [4.78, 5) is 31.1. The van der Waals surface area contributed by atoms with Gasteiger partial charge in [0.05, 0.1) is 5.39 Å². The van der Waals surface area contributed by atoms with Gasteiger partial charge in [-0.1, -0.05) is 19.1 Å². The fourth-order valence-electron chi connectivity index (χ4n) is 3.43. The van der Waals surface area contributed by atoms with Crippen molar-refractivity contribution >= 4 is 39.7 Å². The van der Waals surface area contributed by atoms with E-state index in [0.717, 1.165) is 52.6 Å². The molecule has 0 radical (unpaired) electrons. The molecule has 2 aromatic heterocycles.